The van der Waals surface area contributed by atoms with Gasteiger partial charge in [-0.05, 0) is 28.6 Å². The molecule has 148 valence electrons. The highest BCUT2D eigenvalue weighted by Crippen LogP contribution is 2.41. The van der Waals surface area contributed by atoms with Gasteiger partial charge >= 0.3 is 0 Å². The Labute approximate surface area is 166 Å². The van der Waals surface area contributed by atoms with Crippen LogP contribution in [0.3, 0.4) is 0 Å². The van der Waals surface area contributed by atoms with Crippen molar-refractivity contribution in [2.24, 2.45) is 0 Å². The Balaban J connectivity index is 1.79. The smallest absolute Gasteiger partial charge is 0.288 e. The number of benzene rings is 2. The van der Waals surface area contributed by atoms with Gasteiger partial charge in [-0.25, -0.2) is 9.49 Å². The molecule has 3 heterocycles. The second-order valence-electron chi connectivity index (χ2n) is 6.49. The van der Waals surface area contributed by atoms with Crippen molar-refractivity contribution >= 4 is 17.3 Å². The van der Waals surface area contributed by atoms with Gasteiger partial charge in [-0.1, -0.05) is 23.3 Å². The van der Waals surface area contributed by atoms with Crippen LogP contribution >= 0.6 is 0 Å². The molecular formula is C18H11FN8O3. The van der Waals surface area contributed by atoms with E-state index in [4.69, 9.17) is 0 Å². The van der Waals surface area contributed by atoms with E-state index < -0.39 is 22.3 Å². The van der Waals surface area contributed by atoms with Gasteiger partial charge < -0.3 is 5.32 Å². The van der Waals surface area contributed by atoms with Crippen molar-refractivity contribution in [3.63, 3.8) is 0 Å². The minimum Gasteiger partial charge on any atom is -0.318 e. The van der Waals surface area contributed by atoms with Crippen molar-refractivity contribution in [2.75, 3.05) is 5.32 Å². The fourth-order valence-corrected chi connectivity index (χ4v) is 3.48. The molecule has 2 N–H and O–H groups in total. The number of nitrogens with one attached hydrogen (secondary N) is 2. The lowest BCUT2D eigenvalue weighted by Crippen LogP contribution is -2.29. The maximum absolute atomic E-state index is 14.8. The summed E-state index contributed by atoms with van der Waals surface area (Å²) in [5.41, 5.74) is 0.875. The molecule has 0 aliphatic carbocycles. The first kappa shape index (κ1) is 17.6. The first-order valence-corrected chi connectivity index (χ1v) is 8.71. The molecule has 0 saturated carbocycles. The lowest BCUT2D eigenvalue weighted by atomic mass is 9.92. The minimum absolute atomic E-state index is 0.0939. The lowest BCUT2D eigenvalue weighted by Gasteiger charge is -2.28. The van der Waals surface area contributed by atoms with Crippen molar-refractivity contribution in [2.45, 2.75) is 6.04 Å². The van der Waals surface area contributed by atoms with E-state index in [0.29, 0.717) is 16.8 Å². The summed E-state index contributed by atoms with van der Waals surface area (Å²) in [6.45, 7) is 0. The number of nitro benzene ring substituents is 1. The number of aromatic amines is 1. The number of hydrogen-bond acceptors (Lipinski definition) is 8. The van der Waals surface area contributed by atoms with E-state index in [1.165, 1.54) is 35.0 Å². The Bertz CT molecular complexity index is 1350. The molecule has 0 bridgehead atoms. The van der Waals surface area contributed by atoms with E-state index >= 15 is 0 Å². The molecule has 0 radical (unpaired) electrons. The molecule has 1 aliphatic heterocycles. The Hall–Kier alpha value is -4.48. The quantitative estimate of drug-likeness (QED) is 0.343. The molecular weight excluding hydrogens is 395 g/mol. The topological polar surface area (TPSA) is 145 Å². The van der Waals surface area contributed by atoms with Crippen molar-refractivity contribution in [1.29, 1.82) is 0 Å². The van der Waals surface area contributed by atoms with E-state index in [9.17, 15) is 19.3 Å². The summed E-state index contributed by atoms with van der Waals surface area (Å²) in [6.07, 6.45) is 0. The number of anilines is 2. The van der Waals surface area contributed by atoms with Crippen LogP contribution in [0.1, 0.15) is 17.2 Å². The standard InChI is InChI=1S/C18H11FN8O3/c19-12-4-2-1-3-11(12)16-13-14(9-5-7-10(8-6-9)27(29)30)21-22-17(28)15(13)20-18-23-24-25-26(16)18/h1-8,16H,(H,22,28)(H,20,23,25)/t16-/m1/s1. The largest absolute Gasteiger partial charge is 0.318 e. The van der Waals surface area contributed by atoms with E-state index in [0.717, 1.165) is 0 Å². The van der Waals surface area contributed by atoms with Gasteiger partial charge in [-0.15, -0.1) is 0 Å². The maximum Gasteiger partial charge on any atom is 0.288 e. The van der Waals surface area contributed by atoms with Crippen molar-refractivity contribution in [3.8, 4) is 11.3 Å². The molecule has 4 aromatic rings. The summed E-state index contributed by atoms with van der Waals surface area (Å²) in [4.78, 5) is 23.0. The number of H-pyrrole nitrogens is 1. The molecule has 0 fully saturated rings. The van der Waals surface area contributed by atoms with Gasteiger partial charge in [0.15, 0.2) is 0 Å². The second kappa shape index (κ2) is 6.55. The molecule has 2 aromatic heterocycles. The summed E-state index contributed by atoms with van der Waals surface area (Å²) in [6, 6.07) is 10.9. The first-order chi connectivity index (χ1) is 14.5. The number of nitro groups is 1. The zero-order valence-corrected chi connectivity index (χ0v) is 15.0. The molecule has 1 aliphatic rings. The molecule has 0 spiro atoms. The summed E-state index contributed by atoms with van der Waals surface area (Å²) in [5.74, 6) is -0.339. The molecule has 2 aromatic carbocycles. The van der Waals surface area contributed by atoms with Crippen LogP contribution < -0.4 is 10.9 Å². The number of non-ortho nitro benzene ring substituents is 1. The molecule has 1 atom stereocenters. The van der Waals surface area contributed by atoms with Crippen LogP contribution in [0.2, 0.25) is 0 Å². The monoisotopic (exact) mass is 406 g/mol. The van der Waals surface area contributed by atoms with Crippen LogP contribution in [0, 0.1) is 15.9 Å². The molecule has 0 amide bonds. The normalized spacial score (nSPS) is 14.5. The third kappa shape index (κ3) is 2.62. The zero-order valence-electron chi connectivity index (χ0n) is 15.0. The van der Waals surface area contributed by atoms with Crippen LogP contribution in [0.25, 0.3) is 11.3 Å². The van der Waals surface area contributed by atoms with Crippen LogP contribution in [-0.4, -0.2) is 35.3 Å². The van der Waals surface area contributed by atoms with Gasteiger partial charge in [0.2, 0.25) is 5.95 Å². The summed E-state index contributed by atoms with van der Waals surface area (Å²) in [7, 11) is 0. The van der Waals surface area contributed by atoms with Crippen LogP contribution in [0.15, 0.2) is 53.3 Å². The van der Waals surface area contributed by atoms with Crippen molar-refractivity contribution < 1.29 is 9.31 Å². The molecule has 11 nitrogen and oxygen atoms in total. The highest BCUT2D eigenvalue weighted by molar-refractivity contribution is 5.75. The van der Waals surface area contributed by atoms with Gasteiger partial charge in [-0.3, -0.25) is 14.9 Å². The molecule has 5 rings (SSSR count). The van der Waals surface area contributed by atoms with Gasteiger partial charge in [0.1, 0.15) is 17.5 Å². The predicted octanol–water partition coefficient (Wildman–Crippen LogP) is 2.17. The molecule has 0 saturated heterocycles. The Morgan fingerprint density at radius 1 is 1.13 bits per heavy atom. The Morgan fingerprint density at radius 3 is 2.63 bits per heavy atom. The predicted molar refractivity (Wildman–Crippen MR) is 102 cm³/mol. The van der Waals surface area contributed by atoms with Gasteiger partial charge in [0.05, 0.1) is 10.6 Å². The first-order valence-electron chi connectivity index (χ1n) is 8.71. The third-order valence-electron chi connectivity index (χ3n) is 4.82. The van der Waals surface area contributed by atoms with Crippen LogP contribution in [-0.2, 0) is 0 Å². The molecule has 12 heteroatoms. The number of hydrogen-bond donors (Lipinski definition) is 2. The fraction of sp³-hybridized carbons (Fsp3) is 0.0556. The molecule has 30 heavy (non-hydrogen) atoms. The van der Waals surface area contributed by atoms with E-state index in [1.807, 2.05) is 0 Å². The third-order valence-corrected chi connectivity index (χ3v) is 4.82. The van der Waals surface area contributed by atoms with Crippen molar-refractivity contribution in [1.82, 2.24) is 30.4 Å². The average Bonchev–Trinajstić information content (AvgIpc) is 3.22. The zero-order chi connectivity index (χ0) is 20.8. The van der Waals surface area contributed by atoms with Gasteiger partial charge in [0.25, 0.3) is 11.2 Å². The van der Waals surface area contributed by atoms with Crippen LogP contribution in [0.4, 0.5) is 21.7 Å². The number of rotatable bonds is 3. The second-order valence-corrected chi connectivity index (χ2v) is 6.49. The lowest BCUT2D eigenvalue weighted by molar-refractivity contribution is -0.384. The van der Waals surface area contributed by atoms with Gasteiger partial charge in [0, 0.05) is 28.8 Å². The van der Waals surface area contributed by atoms with E-state index in [1.54, 1.807) is 18.2 Å². The molecule has 0 unspecified atom stereocenters. The number of halogens is 1. The number of tetrazole rings is 1. The highest BCUT2D eigenvalue weighted by Gasteiger charge is 2.35. The number of fused-ring (bicyclic) bond motifs is 2. The summed E-state index contributed by atoms with van der Waals surface area (Å²) in [5, 5.41) is 31.8. The van der Waals surface area contributed by atoms with Crippen molar-refractivity contribution in [3.05, 3.63) is 85.9 Å². The van der Waals surface area contributed by atoms with Crippen LogP contribution in [0.5, 0.6) is 0 Å². The fourth-order valence-electron chi connectivity index (χ4n) is 3.48. The van der Waals surface area contributed by atoms with E-state index in [2.05, 4.69) is 31.0 Å². The maximum atomic E-state index is 14.8. The number of aromatic nitrogens is 6. The minimum atomic E-state index is -0.882. The number of nitrogens with zero attached hydrogens (tertiary/aromatic N) is 6. The van der Waals surface area contributed by atoms with Gasteiger partial charge in [-0.2, -0.15) is 9.78 Å². The Kier molecular flexibility index (Phi) is 3.84. The van der Waals surface area contributed by atoms with E-state index in [-0.39, 0.29) is 22.9 Å². The highest BCUT2D eigenvalue weighted by atomic mass is 19.1. The summed E-state index contributed by atoms with van der Waals surface area (Å²) >= 11 is 0. The Morgan fingerprint density at radius 2 is 1.90 bits per heavy atom. The average molecular weight is 406 g/mol. The summed E-state index contributed by atoms with van der Waals surface area (Å²) < 4.78 is 16.1. The SMILES string of the molecule is O=c1[nH]nc(-c2ccc([N+](=O)[O-])cc2)c2c1Nc1nnnn1[C@@H]2c1ccccc1F.